The van der Waals surface area contributed by atoms with Crippen LogP contribution in [0.25, 0.3) is 0 Å². The second kappa shape index (κ2) is 7.42. The summed E-state index contributed by atoms with van der Waals surface area (Å²) in [7, 11) is 0. The zero-order valence-corrected chi connectivity index (χ0v) is 10.5. The largest absolute Gasteiger partial charge is 0.271 e. The number of nitrogens with one attached hydrogen (secondary N) is 1. The fourth-order valence-electron chi connectivity index (χ4n) is 1.83. The van der Waals surface area contributed by atoms with Crippen molar-refractivity contribution < 1.29 is 0 Å². The lowest BCUT2D eigenvalue weighted by Gasteiger charge is -2.10. The van der Waals surface area contributed by atoms with E-state index in [1.54, 1.807) is 0 Å². The third-order valence-electron chi connectivity index (χ3n) is 3.05. The molecule has 16 heavy (non-hydrogen) atoms. The van der Waals surface area contributed by atoms with Gasteiger partial charge in [0.25, 0.3) is 0 Å². The first kappa shape index (κ1) is 13.2. The first-order valence-corrected chi connectivity index (χ1v) is 6.33. The lowest BCUT2D eigenvalue weighted by molar-refractivity contribution is 0.602. The monoisotopic (exact) mass is 220 g/mol. The Morgan fingerprint density at radius 1 is 1.12 bits per heavy atom. The Hall–Kier alpha value is -0.860. The van der Waals surface area contributed by atoms with Crippen LogP contribution in [0.1, 0.15) is 56.7 Å². The SMILES string of the molecule is CCCCCCc1ccc([C@@H](C)NN)cc1. The minimum Gasteiger partial charge on any atom is -0.271 e. The molecule has 0 aromatic heterocycles. The molecule has 3 N–H and O–H groups in total. The van der Waals surface area contributed by atoms with E-state index in [4.69, 9.17) is 5.84 Å². The van der Waals surface area contributed by atoms with Gasteiger partial charge in [0.1, 0.15) is 0 Å². The molecule has 2 nitrogen and oxygen atoms in total. The summed E-state index contributed by atoms with van der Waals surface area (Å²) < 4.78 is 0. The molecule has 0 heterocycles. The summed E-state index contributed by atoms with van der Waals surface area (Å²) in [6, 6.07) is 9.00. The van der Waals surface area contributed by atoms with Gasteiger partial charge in [-0.25, -0.2) is 0 Å². The van der Waals surface area contributed by atoms with Gasteiger partial charge in [0.2, 0.25) is 0 Å². The highest BCUT2D eigenvalue weighted by Gasteiger charge is 2.01. The molecule has 0 saturated heterocycles. The van der Waals surface area contributed by atoms with Crippen molar-refractivity contribution >= 4 is 0 Å². The fraction of sp³-hybridized carbons (Fsp3) is 0.571. The molecule has 1 aromatic carbocycles. The number of nitrogens with two attached hydrogens (primary N) is 1. The van der Waals surface area contributed by atoms with E-state index >= 15 is 0 Å². The van der Waals surface area contributed by atoms with E-state index in [1.807, 2.05) is 0 Å². The summed E-state index contributed by atoms with van der Waals surface area (Å²) >= 11 is 0. The molecule has 0 bridgehead atoms. The Balaban J connectivity index is 2.39. The normalized spacial score (nSPS) is 12.7. The van der Waals surface area contributed by atoms with Crippen LogP contribution in [0.15, 0.2) is 24.3 Å². The standard InChI is InChI=1S/C14H24N2/c1-3-4-5-6-7-13-8-10-14(11-9-13)12(2)16-15/h8-12,16H,3-7,15H2,1-2H3/t12-/m1/s1. The molecule has 1 atom stereocenters. The third-order valence-corrected chi connectivity index (χ3v) is 3.05. The van der Waals surface area contributed by atoms with Crippen molar-refractivity contribution in [2.75, 3.05) is 0 Å². The molecule has 1 rings (SSSR count). The molecule has 0 radical (unpaired) electrons. The molecule has 2 heteroatoms. The number of hydrogen-bond acceptors (Lipinski definition) is 2. The van der Waals surface area contributed by atoms with Crippen LogP contribution in [-0.2, 0) is 6.42 Å². The van der Waals surface area contributed by atoms with Gasteiger partial charge in [-0.2, -0.15) is 0 Å². The molecule has 0 spiro atoms. The van der Waals surface area contributed by atoms with Crippen molar-refractivity contribution in [1.29, 1.82) is 0 Å². The van der Waals surface area contributed by atoms with Gasteiger partial charge in [0.05, 0.1) is 0 Å². The molecular formula is C14H24N2. The van der Waals surface area contributed by atoms with Crippen LogP contribution in [0.5, 0.6) is 0 Å². The fourth-order valence-corrected chi connectivity index (χ4v) is 1.83. The highest BCUT2D eigenvalue weighted by atomic mass is 15.2. The smallest absolute Gasteiger partial charge is 0.0431 e. The highest BCUT2D eigenvalue weighted by Crippen LogP contribution is 2.14. The summed E-state index contributed by atoms with van der Waals surface area (Å²) in [4.78, 5) is 0. The van der Waals surface area contributed by atoms with Gasteiger partial charge in [-0.3, -0.25) is 11.3 Å². The van der Waals surface area contributed by atoms with E-state index in [0.717, 1.165) is 0 Å². The average molecular weight is 220 g/mol. The van der Waals surface area contributed by atoms with Crippen LogP contribution >= 0.6 is 0 Å². The van der Waals surface area contributed by atoms with Crippen molar-refractivity contribution in [3.8, 4) is 0 Å². The second-order valence-electron chi connectivity index (χ2n) is 4.44. The van der Waals surface area contributed by atoms with E-state index in [9.17, 15) is 0 Å². The zero-order chi connectivity index (χ0) is 11.8. The maximum Gasteiger partial charge on any atom is 0.0431 e. The highest BCUT2D eigenvalue weighted by molar-refractivity contribution is 5.24. The Labute approximate surface area is 99.2 Å². The number of unbranched alkanes of at least 4 members (excludes halogenated alkanes) is 3. The molecule has 1 aromatic rings. The Morgan fingerprint density at radius 3 is 2.38 bits per heavy atom. The Morgan fingerprint density at radius 2 is 1.81 bits per heavy atom. The van der Waals surface area contributed by atoms with Crippen molar-refractivity contribution in [3.05, 3.63) is 35.4 Å². The molecule has 0 unspecified atom stereocenters. The van der Waals surface area contributed by atoms with Crippen LogP contribution in [0, 0.1) is 0 Å². The topological polar surface area (TPSA) is 38.0 Å². The van der Waals surface area contributed by atoms with Gasteiger partial charge >= 0.3 is 0 Å². The molecule has 0 aliphatic heterocycles. The summed E-state index contributed by atoms with van der Waals surface area (Å²) in [5.41, 5.74) is 5.44. The lowest BCUT2D eigenvalue weighted by Crippen LogP contribution is -2.25. The molecule has 0 aliphatic carbocycles. The minimum absolute atomic E-state index is 0.231. The van der Waals surface area contributed by atoms with Gasteiger partial charge in [0.15, 0.2) is 0 Å². The van der Waals surface area contributed by atoms with Gasteiger partial charge in [-0.15, -0.1) is 0 Å². The summed E-state index contributed by atoms with van der Waals surface area (Å²) in [5.74, 6) is 5.41. The lowest BCUT2D eigenvalue weighted by atomic mass is 10.0. The average Bonchev–Trinajstić information content (AvgIpc) is 2.34. The van der Waals surface area contributed by atoms with Crippen LogP contribution in [0.3, 0.4) is 0 Å². The maximum absolute atomic E-state index is 5.41. The number of rotatable bonds is 7. The third kappa shape index (κ3) is 4.33. The Bertz CT molecular complexity index is 279. The van der Waals surface area contributed by atoms with Crippen molar-refractivity contribution in [1.82, 2.24) is 5.43 Å². The van der Waals surface area contributed by atoms with Crippen molar-refractivity contribution in [2.45, 2.75) is 52.0 Å². The predicted octanol–water partition coefficient (Wildman–Crippen LogP) is 3.33. The van der Waals surface area contributed by atoms with E-state index in [-0.39, 0.29) is 6.04 Å². The van der Waals surface area contributed by atoms with E-state index in [2.05, 4.69) is 43.5 Å². The number of aryl methyl sites for hydroxylation is 1. The van der Waals surface area contributed by atoms with Crippen LogP contribution in [-0.4, -0.2) is 0 Å². The first-order chi connectivity index (χ1) is 7.77. The van der Waals surface area contributed by atoms with Crippen LogP contribution in [0.2, 0.25) is 0 Å². The molecule has 0 saturated carbocycles. The van der Waals surface area contributed by atoms with Crippen LogP contribution < -0.4 is 11.3 Å². The maximum atomic E-state index is 5.41. The number of hydrazine groups is 1. The summed E-state index contributed by atoms with van der Waals surface area (Å²) in [6.45, 7) is 4.31. The number of hydrogen-bond donors (Lipinski definition) is 2. The molecule has 90 valence electrons. The predicted molar refractivity (Wildman–Crippen MR) is 70.0 cm³/mol. The first-order valence-electron chi connectivity index (χ1n) is 6.33. The molecule has 0 amide bonds. The van der Waals surface area contributed by atoms with E-state index in [1.165, 1.54) is 43.2 Å². The van der Waals surface area contributed by atoms with Gasteiger partial charge < -0.3 is 0 Å². The quantitative estimate of drug-likeness (QED) is 0.420. The van der Waals surface area contributed by atoms with Gasteiger partial charge in [-0.1, -0.05) is 50.5 Å². The number of benzene rings is 1. The van der Waals surface area contributed by atoms with Crippen molar-refractivity contribution in [3.63, 3.8) is 0 Å². The summed E-state index contributed by atoms with van der Waals surface area (Å²) in [5, 5.41) is 0. The van der Waals surface area contributed by atoms with E-state index in [0.29, 0.717) is 0 Å². The zero-order valence-electron chi connectivity index (χ0n) is 10.5. The molecule has 0 aliphatic rings. The van der Waals surface area contributed by atoms with E-state index < -0.39 is 0 Å². The minimum atomic E-state index is 0.231. The van der Waals surface area contributed by atoms with Gasteiger partial charge in [0, 0.05) is 6.04 Å². The van der Waals surface area contributed by atoms with Crippen molar-refractivity contribution in [2.24, 2.45) is 5.84 Å². The van der Waals surface area contributed by atoms with Crippen LogP contribution in [0.4, 0.5) is 0 Å². The summed E-state index contributed by atoms with van der Waals surface area (Å²) in [6.07, 6.45) is 6.51. The molecular weight excluding hydrogens is 196 g/mol. The second-order valence-corrected chi connectivity index (χ2v) is 4.44. The van der Waals surface area contributed by atoms with Gasteiger partial charge in [-0.05, 0) is 30.9 Å². The Kier molecular flexibility index (Phi) is 6.12. The molecule has 0 fully saturated rings.